The van der Waals surface area contributed by atoms with E-state index in [2.05, 4.69) is 15.3 Å². The van der Waals surface area contributed by atoms with E-state index in [-0.39, 0.29) is 6.23 Å². The molecule has 1 N–H and O–H groups in total. The average Bonchev–Trinajstić information content (AvgIpc) is 2.37. The molecule has 0 bridgehead atoms. The van der Waals surface area contributed by atoms with Gasteiger partial charge in [-0.15, -0.1) is 0 Å². The third-order valence-corrected chi connectivity index (χ3v) is 2.46. The largest absolute Gasteiger partial charge is 0.357 e. The summed E-state index contributed by atoms with van der Waals surface area (Å²) < 4.78 is 5.37. The van der Waals surface area contributed by atoms with E-state index in [9.17, 15) is 0 Å². The number of halogens is 1. The van der Waals surface area contributed by atoms with Crippen molar-refractivity contribution in [3.63, 3.8) is 0 Å². The van der Waals surface area contributed by atoms with E-state index in [0.717, 1.165) is 5.56 Å². The summed E-state index contributed by atoms with van der Waals surface area (Å²) in [6.45, 7) is 0. The van der Waals surface area contributed by atoms with E-state index in [1.807, 2.05) is 30.3 Å². The van der Waals surface area contributed by atoms with Gasteiger partial charge < -0.3 is 10.1 Å². The molecule has 0 aliphatic rings. The minimum absolute atomic E-state index is 0.262. The SMILES string of the molecule is COC(Nc1cc(Cl)ncn1)c1ccccc1. The van der Waals surface area contributed by atoms with Crippen molar-refractivity contribution in [1.29, 1.82) is 0 Å². The van der Waals surface area contributed by atoms with E-state index in [4.69, 9.17) is 16.3 Å². The third kappa shape index (κ3) is 3.15. The number of rotatable bonds is 4. The Kier molecular flexibility index (Phi) is 3.90. The molecular formula is C12H12ClN3O. The van der Waals surface area contributed by atoms with Gasteiger partial charge in [0.05, 0.1) is 0 Å². The minimum Gasteiger partial charge on any atom is -0.357 e. The summed E-state index contributed by atoms with van der Waals surface area (Å²) in [4.78, 5) is 7.89. The zero-order valence-corrected chi connectivity index (χ0v) is 10.1. The Bertz CT molecular complexity index is 478. The molecular weight excluding hydrogens is 238 g/mol. The fourth-order valence-corrected chi connectivity index (χ4v) is 1.60. The van der Waals surface area contributed by atoms with Gasteiger partial charge in [0.2, 0.25) is 0 Å². The number of hydrogen-bond acceptors (Lipinski definition) is 4. The van der Waals surface area contributed by atoms with Gasteiger partial charge in [-0.05, 0) is 0 Å². The predicted octanol–water partition coefficient (Wildman–Crippen LogP) is 2.89. The molecule has 1 aromatic carbocycles. The van der Waals surface area contributed by atoms with E-state index in [1.54, 1.807) is 13.2 Å². The quantitative estimate of drug-likeness (QED) is 0.669. The molecule has 0 fully saturated rings. The summed E-state index contributed by atoms with van der Waals surface area (Å²) in [5, 5.41) is 3.52. The maximum absolute atomic E-state index is 5.79. The first-order valence-corrected chi connectivity index (χ1v) is 5.49. The number of aromatic nitrogens is 2. The van der Waals surface area contributed by atoms with Crippen LogP contribution in [0.2, 0.25) is 5.15 Å². The standard InChI is InChI=1S/C12H12ClN3O/c1-17-12(9-5-3-2-4-6-9)16-11-7-10(13)14-8-15-11/h2-8,12H,1H3,(H,14,15,16). The lowest BCUT2D eigenvalue weighted by atomic mass is 10.2. The van der Waals surface area contributed by atoms with Gasteiger partial charge in [0.1, 0.15) is 17.3 Å². The molecule has 17 heavy (non-hydrogen) atoms. The number of hydrogen-bond donors (Lipinski definition) is 1. The summed E-state index contributed by atoms with van der Waals surface area (Å²) in [7, 11) is 1.63. The van der Waals surface area contributed by atoms with E-state index in [1.165, 1.54) is 6.33 Å². The highest BCUT2D eigenvalue weighted by atomic mass is 35.5. The van der Waals surface area contributed by atoms with Gasteiger partial charge in [0.15, 0.2) is 6.23 Å². The lowest BCUT2D eigenvalue weighted by Crippen LogP contribution is -2.13. The van der Waals surface area contributed by atoms with Crippen LogP contribution in [-0.4, -0.2) is 17.1 Å². The van der Waals surface area contributed by atoms with Crippen LogP contribution < -0.4 is 5.32 Å². The first-order valence-electron chi connectivity index (χ1n) is 5.11. The molecule has 0 aliphatic carbocycles. The van der Waals surface area contributed by atoms with Gasteiger partial charge in [-0.25, -0.2) is 9.97 Å². The van der Waals surface area contributed by atoms with Gasteiger partial charge in [-0.3, -0.25) is 0 Å². The fraction of sp³-hybridized carbons (Fsp3) is 0.167. The molecule has 0 aliphatic heterocycles. The van der Waals surface area contributed by atoms with Crippen LogP contribution in [-0.2, 0) is 4.74 Å². The summed E-state index contributed by atoms with van der Waals surface area (Å²) in [5.74, 6) is 0.626. The fourth-order valence-electron chi connectivity index (χ4n) is 1.45. The third-order valence-electron chi connectivity index (χ3n) is 2.25. The topological polar surface area (TPSA) is 47.0 Å². The molecule has 5 heteroatoms. The van der Waals surface area contributed by atoms with Crippen molar-refractivity contribution in [2.24, 2.45) is 0 Å². The van der Waals surface area contributed by atoms with Gasteiger partial charge in [0, 0.05) is 18.7 Å². The predicted molar refractivity (Wildman–Crippen MR) is 66.9 cm³/mol. The number of methoxy groups -OCH3 is 1. The molecule has 4 nitrogen and oxygen atoms in total. The molecule has 1 heterocycles. The molecule has 0 amide bonds. The van der Waals surface area contributed by atoms with Crippen LogP contribution >= 0.6 is 11.6 Å². The van der Waals surface area contributed by atoms with Gasteiger partial charge in [-0.1, -0.05) is 41.9 Å². The summed E-state index contributed by atoms with van der Waals surface area (Å²) in [6.07, 6.45) is 1.14. The molecule has 1 atom stereocenters. The van der Waals surface area contributed by atoms with Crippen molar-refractivity contribution >= 4 is 17.4 Å². The van der Waals surface area contributed by atoms with Gasteiger partial charge >= 0.3 is 0 Å². The minimum atomic E-state index is -0.262. The molecule has 88 valence electrons. The maximum Gasteiger partial charge on any atom is 0.154 e. The Hall–Kier alpha value is -1.65. The second-order valence-corrected chi connectivity index (χ2v) is 3.78. The summed E-state index contributed by atoms with van der Waals surface area (Å²) in [6, 6.07) is 11.5. The molecule has 2 rings (SSSR count). The van der Waals surface area contributed by atoms with Crippen molar-refractivity contribution in [3.05, 3.63) is 53.4 Å². The van der Waals surface area contributed by atoms with Crippen molar-refractivity contribution in [2.45, 2.75) is 6.23 Å². The molecule has 0 spiro atoms. The highest BCUT2D eigenvalue weighted by Crippen LogP contribution is 2.19. The van der Waals surface area contributed by atoms with Crippen LogP contribution in [0.3, 0.4) is 0 Å². The second-order valence-electron chi connectivity index (χ2n) is 3.40. The van der Waals surface area contributed by atoms with Crippen molar-refractivity contribution in [3.8, 4) is 0 Å². The van der Waals surface area contributed by atoms with Crippen molar-refractivity contribution in [2.75, 3.05) is 12.4 Å². The number of benzene rings is 1. The van der Waals surface area contributed by atoms with E-state index < -0.39 is 0 Å². The molecule has 1 aromatic heterocycles. The second kappa shape index (κ2) is 5.61. The van der Waals surface area contributed by atoms with Crippen LogP contribution in [0, 0.1) is 0 Å². The summed E-state index contributed by atoms with van der Waals surface area (Å²) in [5.41, 5.74) is 1.02. The van der Waals surface area contributed by atoms with Crippen molar-refractivity contribution in [1.82, 2.24) is 9.97 Å². The normalized spacial score (nSPS) is 12.1. The Morgan fingerprint density at radius 3 is 2.65 bits per heavy atom. The Morgan fingerprint density at radius 2 is 2.00 bits per heavy atom. The first-order chi connectivity index (χ1) is 8.29. The lowest BCUT2D eigenvalue weighted by molar-refractivity contribution is 0.126. The smallest absolute Gasteiger partial charge is 0.154 e. The zero-order chi connectivity index (χ0) is 12.1. The van der Waals surface area contributed by atoms with Crippen molar-refractivity contribution < 1.29 is 4.74 Å². The Labute approximate surface area is 105 Å². The van der Waals surface area contributed by atoms with Crippen LogP contribution in [0.15, 0.2) is 42.7 Å². The first kappa shape index (κ1) is 11.8. The van der Waals surface area contributed by atoms with Gasteiger partial charge in [0.25, 0.3) is 0 Å². The molecule has 1 unspecified atom stereocenters. The molecule has 0 saturated carbocycles. The van der Waals surface area contributed by atoms with E-state index in [0.29, 0.717) is 11.0 Å². The van der Waals surface area contributed by atoms with Crippen LogP contribution in [0.5, 0.6) is 0 Å². The monoisotopic (exact) mass is 249 g/mol. The number of nitrogens with zero attached hydrogens (tertiary/aromatic N) is 2. The number of anilines is 1. The van der Waals surface area contributed by atoms with Gasteiger partial charge in [-0.2, -0.15) is 0 Å². The highest BCUT2D eigenvalue weighted by Gasteiger charge is 2.10. The summed E-state index contributed by atoms with van der Waals surface area (Å²) >= 11 is 5.79. The van der Waals surface area contributed by atoms with Crippen LogP contribution in [0.4, 0.5) is 5.82 Å². The number of nitrogens with one attached hydrogen (secondary N) is 1. The zero-order valence-electron chi connectivity index (χ0n) is 9.30. The maximum atomic E-state index is 5.79. The van der Waals surface area contributed by atoms with E-state index >= 15 is 0 Å². The number of ether oxygens (including phenoxy) is 1. The lowest BCUT2D eigenvalue weighted by Gasteiger charge is -2.17. The molecule has 2 aromatic rings. The average molecular weight is 250 g/mol. The molecule has 0 saturated heterocycles. The van der Waals surface area contributed by atoms with Crippen LogP contribution in [0.25, 0.3) is 0 Å². The highest BCUT2D eigenvalue weighted by molar-refractivity contribution is 6.29. The Morgan fingerprint density at radius 1 is 1.24 bits per heavy atom. The molecule has 0 radical (unpaired) electrons. The van der Waals surface area contributed by atoms with Crippen LogP contribution in [0.1, 0.15) is 11.8 Å². The Balaban J connectivity index is 2.16.